The molecule has 0 saturated carbocycles. The summed E-state index contributed by atoms with van der Waals surface area (Å²) in [5.41, 5.74) is 0.592. The van der Waals surface area contributed by atoms with Crippen molar-refractivity contribution in [2.45, 2.75) is 26.0 Å². The van der Waals surface area contributed by atoms with Crippen molar-refractivity contribution in [2.75, 3.05) is 33.0 Å². The number of methoxy groups -OCH3 is 1. The first-order chi connectivity index (χ1) is 11.3. The smallest absolute Gasteiger partial charge is 0.213 e. The Kier molecular flexibility index (Phi) is 8.17. The van der Waals surface area contributed by atoms with Crippen LogP contribution in [0.3, 0.4) is 0 Å². The van der Waals surface area contributed by atoms with Crippen LogP contribution in [0.5, 0.6) is 0 Å². The minimum absolute atomic E-state index is 0.0335. The SMILES string of the molecule is CN=C(NCCS(=O)(=O)NCc1ccccc1)NCC(C)(C)OC. The fourth-order valence-corrected chi connectivity index (χ4v) is 2.66. The van der Waals surface area contributed by atoms with E-state index in [2.05, 4.69) is 20.3 Å². The van der Waals surface area contributed by atoms with E-state index in [-0.39, 0.29) is 24.4 Å². The molecule has 0 aliphatic heterocycles. The first kappa shape index (κ1) is 20.4. The average Bonchev–Trinajstić information content (AvgIpc) is 2.57. The van der Waals surface area contributed by atoms with E-state index in [0.29, 0.717) is 12.5 Å². The third kappa shape index (κ3) is 8.28. The van der Waals surface area contributed by atoms with Gasteiger partial charge in [-0.25, -0.2) is 13.1 Å². The van der Waals surface area contributed by atoms with Gasteiger partial charge in [-0.3, -0.25) is 4.99 Å². The van der Waals surface area contributed by atoms with Crippen LogP contribution in [-0.4, -0.2) is 53.0 Å². The molecule has 1 rings (SSSR count). The van der Waals surface area contributed by atoms with Gasteiger partial charge in [0.15, 0.2) is 5.96 Å². The molecule has 7 nitrogen and oxygen atoms in total. The van der Waals surface area contributed by atoms with Crippen molar-refractivity contribution in [2.24, 2.45) is 4.99 Å². The van der Waals surface area contributed by atoms with Crippen molar-refractivity contribution >= 4 is 16.0 Å². The average molecular weight is 356 g/mol. The Balaban J connectivity index is 2.35. The van der Waals surface area contributed by atoms with Gasteiger partial charge in [0.05, 0.1) is 11.4 Å². The van der Waals surface area contributed by atoms with Crippen molar-refractivity contribution in [3.8, 4) is 0 Å². The van der Waals surface area contributed by atoms with E-state index in [1.807, 2.05) is 44.2 Å². The van der Waals surface area contributed by atoms with Gasteiger partial charge >= 0.3 is 0 Å². The molecule has 24 heavy (non-hydrogen) atoms. The van der Waals surface area contributed by atoms with Crippen molar-refractivity contribution in [3.63, 3.8) is 0 Å². The van der Waals surface area contributed by atoms with Crippen molar-refractivity contribution in [3.05, 3.63) is 35.9 Å². The number of nitrogens with one attached hydrogen (secondary N) is 3. The minimum atomic E-state index is -3.35. The largest absolute Gasteiger partial charge is 0.377 e. The number of hydrogen-bond donors (Lipinski definition) is 3. The lowest BCUT2D eigenvalue weighted by Crippen LogP contribution is -2.46. The Morgan fingerprint density at radius 3 is 2.46 bits per heavy atom. The summed E-state index contributed by atoms with van der Waals surface area (Å²) in [4.78, 5) is 4.06. The lowest BCUT2D eigenvalue weighted by atomic mass is 10.1. The van der Waals surface area contributed by atoms with Crippen molar-refractivity contribution in [1.82, 2.24) is 15.4 Å². The fraction of sp³-hybridized carbons (Fsp3) is 0.562. The molecule has 3 N–H and O–H groups in total. The summed E-state index contributed by atoms with van der Waals surface area (Å²) in [5.74, 6) is 0.507. The van der Waals surface area contributed by atoms with Gasteiger partial charge < -0.3 is 15.4 Å². The van der Waals surface area contributed by atoms with Crippen molar-refractivity contribution in [1.29, 1.82) is 0 Å². The van der Waals surface area contributed by atoms with E-state index in [9.17, 15) is 8.42 Å². The number of ether oxygens (including phenoxy) is 1. The van der Waals surface area contributed by atoms with Gasteiger partial charge in [-0.15, -0.1) is 0 Å². The zero-order chi connectivity index (χ0) is 18.1. The van der Waals surface area contributed by atoms with Gasteiger partial charge in [0.1, 0.15) is 0 Å². The topological polar surface area (TPSA) is 91.8 Å². The first-order valence-corrected chi connectivity index (χ1v) is 9.44. The Labute approximate surface area is 145 Å². The summed E-state index contributed by atoms with van der Waals surface area (Å²) in [6, 6.07) is 9.41. The molecule has 0 aromatic heterocycles. The highest BCUT2D eigenvalue weighted by molar-refractivity contribution is 7.89. The van der Waals surface area contributed by atoms with Crippen LogP contribution in [0.15, 0.2) is 35.3 Å². The summed E-state index contributed by atoms with van der Waals surface area (Å²) in [5, 5.41) is 6.09. The molecule has 0 heterocycles. The highest BCUT2D eigenvalue weighted by Crippen LogP contribution is 2.04. The number of guanidine groups is 1. The number of rotatable bonds is 9. The molecule has 0 unspecified atom stereocenters. The number of aliphatic imine (C=N–C) groups is 1. The predicted octanol–water partition coefficient (Wildman–Crippen LogP) is 0.696. The maximum Gasteiger partial charge on any atom is 0.213 e. The number of sulfonamides is 1. The molecule has 136 valence electrons. The van der Waals surface area contributed by atoms with E-state index in [0.717, 1.165) is 5.56 Å². The predicted molar refractivity (Wildman–Crippen MR) is 97.5 cm³/mol. The van der Waals surface area contributed by atoms with Gasteiger partial charge in [0.2, 0.25) is 10.0 Å². The van der Waals surface area contributed by atoms with Gasteiger partial charge in [-0.2, -0.15) is 0 Å². The monoisotopic (exact) mass is 356 g/mol. The molecule has 1 aromatic rings. The zero-order valence-electron chi connectivity index (χ0n) is 14.8. The van der Waals surface area contributed by atoms with Crippen LogP contribution in [-0.2, 0) is 21.3 Å². The molecule has 0 spiro atoms. The van der Waals surface area contributed by atoms with Crippen LogP contribution in [0.25, 0.3) is 0 Å². The lowest BCUT2D eigenvalue weighted by Gasteiger charge is -2.24. The third-order valence-corrected chi connectivity index (χ3v) is 4.79. The molecule has 0 saturated heterocycles. The van der Waals surface area contributed by atoms with Gasteiger partial charge in [-0.05, 0) is 19.4 Å². The Morgan fingerprint density at radius 2 is 1.88 bits per heavy atom. The summed E-state index contributed by atoms with van der Waals surface area (Å²) in [6.45, 7) is 5.01. The molecular weight excluding hydrogens is 328 g/mol. The second kappa shape index (κ2) is 9.61. The minimum Gasteiger partial charge on any atom is -0.377 e. The Morgan fingerprint density at radius 1 is 1.21 bits per heavy atom. The van der Waals surface area contributed by atoms with Crippen LogP contribution in [0.2, 0.25) is 0 Å². The maximum atomic E-state index is 12.0. The van der Waals surface area contributed by atoms with Crippen LogP contribution in [0.1, 0.15) is 19.4 Å². The van der Waals surface area contributed by atoms with Gasteiger partial charge in [-0.1, -0.05) is 30.3 Å². The number of hydrogen-bond acceptors (Lipinski definition) is 4. The van der Waals surface area contributed by atoms with Crippen molar-refractivity contribution < 1.29 is 13.2 Å². The van der Waals surface area contributed by atoms with Gasteiger partial charge in [0.25, 0.3) is 0 Å². The molecule has 0 radical (unpaired) electrons. The highest BCUT2D eigenvalue weighted by Gasteiger charge is 2.16. The molecule has 0 bridgehead atoms. The second-order valence-corrected chi connectivity index (χ2v) is 7.87. The van der Waals surface area contributed by atoms with Crippen LogP contribution in [0.4, 0.5) is 0 Å². The Bertz CT molecular complexity index is 615. The second-order valence-electron chi connectivity index (χ2n) is 5.94. The van der Waals surface area contributed by atoms with E-state index in [1.165, 1.54) is 0 Å². The van der Waals surface area contributed by atoms with Crippen LogP contribution < -0.4 is 15.4 Å². The molecule has 1 aromatic carbocycles. The third-order valence-electron chi connectivity index (χ3n) is 3.46. The number of benzene rings is 1. The standard InChI is InChI=1S/C16H28N4O3S/c1-16(2,23-4)13-19-15(17-3)18-10-11-24(21,22)20-12-14-8-6-5-7-9-14/h5-9,20H,10-13H2,1-4H3,(H2,17,18,19). The first-order valence-electron chi connectivity index (χ1n) is 7.79. The maximum absolute atomic E-state index is 12.0. The molecule has 0 aliphatic rings. The van der Waals surface area contributed by atoms with E-state index >= 15 is 0 Å². The van der Waals surface area contributed by atoms with Gasteiger partial charge in [0, 0.05) is 33.8 Å². The summed E-state index contributed by atoms with van der Waals surface area (Å²) >= 11 is 0. The molecule has 0 aliphatic carbocycles. The zero-order valence-corrected chi connectivity index (χ0v) is 15.6. The summed E-state index contributed by atoms with van der Waals surface area (Å²) < 4.78 is 31.9. The van der Waals surface area contributed by atoms with E-state index in [4.69, 9.17) is 4.74 Å². The fourth-order valence-electron chi connectivity index (χ4n) is 1.75. The number of nitrogens with zero attached hydrogens (tertiary/aromatic N) is 1. The van der Waals surface area contributed by atoms with Crippen LogP contribution in [0, 0.1) is 0 Å². The lowest BCUT2D eigenvalue weighted by molar-refractivity contribution is 0.0268. The Hall–Kier alpha value is -1.64. The molecule has 8 heteroatoms. The normalized spacial score (nSPS) is 12.9. The van der Waals surface area contributed by atoms with E-state index < -0.39 is 10.0 Å². The van der Waals surface area contributed by atoms with E-state index in [1.54, 1.807) is 14.2 Å². The summed E-state index contributed by atoms with van der Waals surface area (Å²) in [7, 11) is -0.0737. The summed E-state index contributed by atoms with van der Waals surface area (Å²) in [6.07, 6.45) is 0. The molecule has 0 fully saturated rings. The molecule has 0 atom stereocenters. The quantitative estimate of drug-likeness (QED) is 0.447. The van der Waals surface area contributed by atoms with Crippen LogP contribution >= 0.6 is 0 Å². The molecule has 0 amide bonds. The highest BCUT2D eigenvalue weighted by atomic mass is 32.2. The molecular formula is C16H28N4O3S.